The number of aromatic amines is 1. The maximum absolute atomic E-state index is 10.8. The summed E-state index contributed by atoms with van der Waals surface area (Å²) >= 11 is 0. The largest absolute Gasteiger partial charge is 0.393 e. The van der Waals surface area contributed by atoms with Crippen molar-refractivity contribution in [3.05, 3.63) is 16.8 Å². The molecule has 1 atom stereocenters. The van der Waals surface area contributed by atoms with Gasteiger partial charge in [-0.15, -0.1) is 0 Å². The Morgan fingerprint density at radius 3 is 3.09 bits per heavy atom. The lowest BCUT2D eigenvalue weighted by Crippen LogP contribution is -2.18. The monoisotopic (exact) mass is 157 g/mol. The van der Waals surface area contributed by atoms with Crippen molar-refractivity contribution in [1.82, 2.24) is 14.8 Å². The van der Waals surface area contributed by atoms with E-state index >= 15 is 0 Å². The number of aryl methyl sites for hydroxylation is 1. The molecule has 5 nitrogen and oxygen atoms in total. The fourth-order valence-corrected chi connectivity index (χ4v) is 0.756. The van der Waals surface area contributed by atoms with Crippen molar-refractivity contribution in [2.24, 2.45) is 0 Å². The Balaban J connectivity index is 2.51. The number of H-pyrrole nitrogens is 1. The maximum atomic E-state index is 10.8. The number of aliphatic hydroxyl groups excluding tert-OH is 1. The summed E-state index contributed by atoms with van der Waals surface area (Å²) in [4.78, 5) is 10.8. The average Bonchev–Trinajstić information content (AvgIpc) is 2.31. The zero-order valence-corrected chi connectivity index (χ0v) is 6.32. The van der Waals surface area contributed by atoms with Gasteiger partial charge < -0.3 is 5.11 Å². The number of hydrogen-bond donors (Lipinski definition) is 2. The highest BCUT2D eigenvalue weighted by Crippen LogP contribution is 1.90. The second-order valence-corrected chi connectivity index (χ2v) is 2.49. The second kappa shape index (κ2) is 3.34. The number of aromatic nitrogens is 3. The Bertz CT molecular complexity index is 263. The first-order valence-electron chi connectivity index (χ1n) is 3.48. The molecule has 0 aliphatic carbocycles. The van der Waals surface area contributed by atoms with Crippen LogP contribution >= 0.6 is 0 Å². The summed E-state index contributed by atoms with van der Waals surface area (Å²) < 4.78 is 1.42. The first-order chi connectivity index (χ1) is 5.20. The molecule has 0 aromatic carbocycles. The van der Waals surface area contributed by atoms with Gasteiger partial charge in [0.25, 0.3) is 0 Å². The summed E-state index contributed by atoms with van der Waals surface area (Å²) in [6.07, 6.45) is 1.61. The van der Waals surface area contributed by atoms with Crippen LogP contribution in [0.2, 0.25) is 0 Å². The van der Waals surface area contributed by atoms with Crippen molar-refractivity contribution in [3.63, 3.8) is 0 Å². The van der Waals surface area contributed by atoms with Crippen LogP contribution in [0.15, 0.2) is 11.1 Å². The molecule has 0 radical (unpaired) electrons. The van der Waals surface area contributed by atoms with Crippen LogP contribution in [0.4, 0.5) is 0 Å². The SMILES string of the molecule is CC(O)CCn1cn[nH]c1=O. The van der Waals surface area contributed by atoms with E-state index in [0.29, 0.717) is 13.0 Å². The lowest BCUT2D eigenvalue weighted by Gasteiger charge is -2.01. The number of hydrogen-bond acceptors (Lipinski definition) is 3. The third kappa shape index (κ3) is 2.19. The van der Waals surface area contributed by atoms with Gasteiger partial charge in [-0.1, -0.05) is 0 Å². The molecule has 11 heavy (non-hydrogen) atoms. The molecule has 0 aliphatic heterocycles. The molecular weight excluding hydrogens is 146 g/mol. The molecule has 0 saturated heterocycles. The van der Waals surface area contributed by atoms with Gasteiger partial charge in [0.05, 0.1) is 6.10 Å². The van der Waals surface area contributed by atoms with E-state index in [9.17, 15) is 4.79 Å². The summed E-state index contributed by atoms with van der Waals surface area (Å²) in [6.45, 7) is 2.19. The summed E-state index contributed by atoms with van der Waals surface area (Å²) in [5, 5.41) is 14.7. The van der Waals surface area contributed by atoms with Gasteiger partial charge in [0.1, 0.15) is 6.33 Å². The quantitative estimate of drug-likeness (QED) is 0.612. The van der Waals surface area contributed by atoms with Crippen molar-refractivity contribution >= 4 is 0 Å². The van der Waals surface area contributed by atoms with E-state index in [1.807, 2.05) is 0 Å². The molecule has 0 aliphatic rings. The van der Waals surface area contributed by atoms with Crippen molar-refractivity contribution in [1.29, 1.82) is 0 Å². The van der Waals surface area contributed by atoms with E-state index in [-0.39, 0.29) is 11.8 Å². The topological polar surface area (TPSA) is 70.9 Å². The van der Waals surface area contributed by atoms with Crippen LogP contribution in [0.25, 0.3) is 0 Å². The standard InChI is InChI=1S/C6H11N3O2/c1-5(10)2-3-9-4-7-8-6(9)11/h4-5,10H,2-3H2,1H3,(H,8,11). The van der Waals surface area contributed by atoms with Gasteiger partial charge in [0.2, 0.25) is 0 Å². The van der Waals surface area contributed by atoms with Crippen LogP contribution in [0, 0.1) is 0 Å². The van der Waals surface area contributed by atoms with E-state index in [4.69, 9.17) is 5.11 Å². The molecule has 0 spiro atoms. The van der Waals surface area contributed by atoms with Gasteiger partial charge in [0.15, 0.2) is 0 Å². The van der Waals surface area contributed by atoms with Crippen molar-refractivity contribution in [2.45, 2.75) is 26.0 Å². The van der Waals surface area contributed by atoms with Crippen LogP contribution in [0.1, 0.15) is 13.3 Å². The summed E-state index contributed by atoms with van der Waals surface area (Å²) in [7, 11) is 0. The lowest BCUT2D eigenvalue weighted by molar-refractivity contribution is 0.177. The Morgan fingerprint density at radius 1 is 1.91 bits per heavy atom. The number of rotatable bonds is 3. The zero-order valence-electron chi connectivity index (χ0n) is 6.32. The van der Waals surface area contributed by atoms with Gasteiger partial charge in [-0.05, 0) is 13.3 Å². The third-order valence-corrected chi connectivity index (χ3v) is 1.41. The van der Waals surface area contributed by atoms with E-state index in [1.165, 1.54) is 10.9 Å². The normalized spacial score (nSPS) is 13.3. The summed E-state index contributed by atoms with van der Waals surface area (Å²) in [5.41, 5.74) is -0.231. The second-order valence-electron chi connectivity index (χ2n) is 2.49. The fraction of sp³-hybridized carbons (Fsp3) is 0.667. The smallest absolute Gasteiger partial charge is 0.343 e. The van der Waals surface area contributed by atoms with E-state index in [2.05, 4.69) is 10.2 Å². The maximum Gasteiger partial charge on any atom is 0.343 e. The Labute approximate surface area is 63.7 Å². The highest BCUT2D eigenvalue weighted by molar-refractivity contribution is 4.63. The average molecular weight is 157 g/mol. The highest BCUT2D eigenvalue weighted by atomic mass is 16.3. The molecule has 1 heterocycles. The minimum absolute atomic E-state index is 0.231. The Morgan fingerprint density at radius 2 is 2.64 bits per heavy atom. The minimum atomic E-state index is -0.378. The third-order valence-electron chi connectivity index (χ3n) is 1.41. The van der Waals surface area contributed by atoms with Crippen LogP contribution in [-0.4, -0.2) is 26.0 Å². The zero-order chi connectivity index (χ0) is 8.27. The molecule has 0 saturated carbocycles. The molecule has 1 aromatic heterocycles. The highest BCUT2D eigenvalue weighted by Gasteiger charge is 1.99. The molecule has 0 fully saturated rings. The van der Waals surface area contributed by atoms with E-state index < -0.39 is 0 Å². The van der Waals surface area contributed by atoms with Crippen molar-refractivity contribution < 1.29 is 5.11 Å². The first kappa shape index (κ1) is 8.00. The van der Waals surface area contributed by atoms with Gasteiger partial charge in [0, 0.05) is 6.54 Å². The molecule has 1 unspecified atom stereocenters. The predicted molar refractivity (Wildman–Crippen MR) is 39.1 cm³/mol. The van der Waals surface area contributed by atoms with Crippen LogP contribution in [0.3, 0.4) is 0 Å². The number of nitrogens with one attached hydrogen (secondary N) is 1. The van der Waals surface area contributed by atoms with Crippen LogP contribution < -0.4 is 5.69 Å². The molecule has 0 bridgehead atoms. The van der Waals surface area contributed by atoms with E-state index in [1.54, 1.807) is 6.92 Å². The molecular formula is C6H11N3O2. The molecule has 1 aromatic rings. The summed E-state index contributed by atoms with van der Waals surface area (Å²) in [5.74, 6) is 0. The van der Waals surface area contributed by atoms with Gasteiger partial charge in [-0.3, -0.25) is 4.57 Å². The summed E-state index contributed by atoms with van der Waals surface area (Å²) in [6, 6.07) is 0. The molecule has 1 rings (SSSR count). The molecule has 62 valence electrons. The van der Waals surface area contributed by atoms with Crippen molar-refractivity contribution in [2.75, 3.05) is 0 Å². The molecule has 2 N–H and O–H groups in total. The Hall–Kier alpha value is -1.10. The van der Waals surface area contributed by atoms with Gasteiger partial charge in [-0.25, -0.2) is 9.89 Å². The Kier molecular flexibility index (Phi) is 2.43. The van der Waals surface area contributed by atoms with Gasteiger partial charge >= 0.3 is 5.69 Å². The predicted octanol–water partition coefficient (Wildman–Crippen LogP) is -0.658. The lowest BCUT2D eigenvalue weighted by atomic mass is 10.3. The van der Waals surface area contributed by atoms with Crippen LogP contribution in [-0.2, 0) is 6.54 Å². The fourth-order valence-electron chi connectivity index (χ4n) is 0.756. The number of aliphatic hydroxyl groups is 1. The molecule has 0 amide bonds. The number of nitrogens with zero attached hydrogens (tertiary/aromatic N) is 2. The van der Waals surface area contributed by atoms with Gasteiger partial charge in [-0.2, -0.15) is 5.10 Å². The van der Waals surface area contributed by atoms with Crippen molar-refractivity contribution in [3.8, 4) is 0 Å². The minimum Gasteiger partial charge on any atom is -0.393 e. The van der Waals surface area contributed by atoms with E-state index in [0.717, 1.165) is 0 Å². The van der Waals surface area contributed by atoms with Crippen LogP contribution in [0.5, 0.6) is 0 Å². The molecule has 5 heteroatoms. The first-order valence-corrected chi connectivity index (χ1v) is 3.48.